The van der Waals surface area contributed by atoms with E-state index in [1.165, 1.54) is 0 Å². The molecule has 1 aromatic rings. The van der Waals surface area contributed by atoms with Gasteiger partial charge in [-0.3, -0.25) is 0 Å². The number of benzene rings is 1. The van der Waals surface area contributed by atoms with Crippen molar-refractivity contribution in [3.05, 3.63) is 18.2 Å². The number of hydrogen-bond donors (Lipinski definition) is 1. The van der Waals surface area contributed by atoms with Crippen molar-refractivity contribution >= 4 is 0 Å². The van der Waals surface area contributed by atoms with Crippen molar-refractivity contribution in [3.63, 3.8) is 0 Å². The highest BCUT2D eigenvalue weighted by Crippen LogP contribution is 2.36. The van der Waals surface area contributed by atoms with Gasteiger partial charge < -0.3 is 24.8 Å². The molecule has 0 aromatic heterocycles. The van der Waals surface area contributed by atoms with Crippen LogP contribution in [0.15, 0.2) is 18.2 Å². The highest BCUT2D eigenvalue weighted by molar-refractivity contribution is 5.50. The van der Waals surface area contributed by atoms with E-state index in [0.29, 0.717) is 36.4 Å². The third-order valence-electron chi connectivity index (χ3n) is 3.08. The number of hydrogen-bond acceptors (Lipinski definition) is 5. The molecule has 108 valence electrons. The summed E-state index contributed by atoms with van der Waals surface area (Å²) in [4.78, 5) is 2.10. The molecule has 0 heterocycles. The maximum Gasteiger partial charge on any atom is 0.203 e. The van der Waals surface area contributed by atoms with E-state index in [4.69, 9.17) is 19.9 Å². The van der Waals surface area contributed by atoms with Crippen LogP contribution in [0.25, 0.3) is 0 Å². The molecular weight excluding hydrogens is 244 g/mol. The third-order valence-corrected chi connectivity index (χ3v) is 3.08. The van der Waals surface area contributed by atoms with Gasteiger partial charge in [0.25, 0.3) is 0 Å². The monoisotopic (exact) mass is 268 g/mol. The molecular formula is C14H24N2O3. The summed E-state index contributed by atoms with van der Waals surface area (Å²) >= 11 is 0. The average molecular weight is 268 g/mol. The fourth-order valence-corrected chi connectivity index (χ4v) is 1.86. The van der Waals surface area contributed by atoms with Crippen LogP contribution in [-0.4, -0.2) is 52.4 Å². The summed E-state index contributed by atoms with van der Waals surface area (Å²) in [7, 11) is 7.25. The first kappa shape index (κ1) is 15.6. The van der Waals surface area contributed by atoms with E-state index in [1.807, 2.05) is 32.3 Å². The van der Waals surface area contributed by atoms with Crippen LogP contribution in [0, 0.1) is 0 Å². The first-order valence-electron chi connectivity index (χ1n) is 6.34. The Balaban J connectivity index is 2.62. The Morgan fingerprint density at radius 1 is 1.16 bits per heavy atom. The van der Waals surface area contributed by atoms with Gasteiger partial charge in [-0.15, -0.1) is 0 Å². The summed E-state index contributed by atoms with van der Waals surface area (Å²) in [6.45, 7) is 1.20. The number of nitrogens with zero attached hydrogens (tertiary/aromatic N) is 1. The molecule has 0 bridgehead atoms. The molecule has 0 radical (unpaired) electrons. The Morgan fingerprint density at radius 3 is 2.37 bits per heavy atom. The van der Waals surface area contributed by atoms with Crippen LogP contribution in [0.3, 0.4) is 0 Å². The third kappa shape index (κ3) is 4.29. The minimum atomic E-state index is 0.316. The summed E-state index contributed by atoms with van der Waals surface area (Å²) in [5, 5.41) is 0. The molecule has 0 spiro atoms. The van der Waals surface area contributed by atoms with Crippen molar-refractivity contribution in [2.75, 3.05) is 41.5 Å². The molecule has 5 heteroatoms. The zero-order chi connectivity index (χ0) is 14.3. The second kappa shape index (κ2) is 7.86. The van der Waals surface area contributed by atoms with Gasteiger partial charge in [0.15, 0.2) is 11.5 Å². The molecule has 0 aliphatic carbocycles. The molecule has 5 nitrogen and oxygen atoms in total. The Kier molecular flexibility index (Phi) is 6.45. The number of rotatable bonds is 8. The Morgan fingerprint density at radius 2 is 1.84 bits per heavy atom. The number of ether oxygens (including phenoxy) is 3. The Bertz CT molecular complexity index is 383. The van der Waals surface area contributed by atoms with E-state index in [1.54, 1.807) is 14.2 Å². The van der Waals surface area contributed by atoms with Gasteiger partial charge in [-0.25, -0.2) is 0 Å². The summed E-state index contributed by atoms with van der Waals surface area (Å²) in [6, 6.07) is 5.91. The lowest BCUT2D eigenvalue weighted by Crippen LogP contribution is -2.36. The topological polar surface area (TPSA) is 57.0 Å². The predicted octanol–water partition coefficient (Wildman–Crippen LogP) is 1.36. The molecule has 0 saturated carbocycles. The minimum absolute atomic E-state index is 0.316. The predicted molar refractivity (Wildman–Crippen MR) is 76.2 cm³/mol. The van der Waals surface area contributed by atoms with Gasteiger partial charge in [0.2, 0.25) is 5.75 Å². The van der Waals surface area contributed by atoms with Gasteiger partial charge in [0.05, 0.1) is 20.8 Å². The van der Waals surface area contributed by atoms with Gasteiger partial charge in [-0.2, -0.15) is 0 Å². The standard InChI is InChI=1S/C14H24N2O3/c1-16(2)11(10-15)8-9-19-13-7-5-6-12(17-3)14(13)18-4/h5-7,11H,8-10,15H2,1-4H3. The van der Waals surface area contributed by atoms with Gasteiger partial charge in [0, 0.05) is 12.6 Å². The number of likely N-dealkylation sites (N-methyl/N-ethyl adjacent to an activating group) is 1. The van der Waals surface area contributed by atoms with Crippen molar-refractivity contribution in [2.24, 2.45) is 5.73 Å². The van der Waals surface area contributed by atoms with E-state index in [-0.39, 0.29) is 0 Å². The Hall–Kier alpha value is -1.46. The van der Waals surface area contributed by atoms with Crippen molar-refractivity contribution < 1.29 is 14.2 Å². The normalized spacial score (nSPS) is 12.3. The molecule has 0 aliphatic heterocycles. The van der Waals surface area contributed by atoms with Crippen molar-refractivity contribution in [1.82, 2.24) is 4.90 Å². The number of para-hydroxylation sites is 1. The van der Waals surface area contributed by atoms with E-state index in [9.17, 15) is 0 Å². The van der Waals surface area contributed by atoms with Crippen LogP contribution in [-0.2, 0) is 0 Å². The Labute approximate surface area is 115 Å². The SMILES string of the molecule is COc1cccc(OCCC(CN)N(C)C)c1OC. The molecule has 19 heavy (non-hydrogen) atoms. The van der Waals surface area contributed by atoms with Crippen molar-refractivity contribution in [1.29, 1.82) is 0 Å². The van der Waals surface area contributed by atoms with Crippen LogP contribution in [0.1, 0.15) is 6.42 Å². The number of methoxy groups -OCH3 is 2. The lowest BCUT2D eigenvalue weighted by Gasteiger charge is -2.22. The van der Waals surface area contributed by atoms with Gasteiger partial charge in [0.1, 0.15) is 0 Å². The molecule has 0 amide bonds. The summed E-state index contributed by atoms with van der Waals surface area (Å²) in [6.07, 6.45) is 0.865. The van der Waals surface area contributed by atoms with Gasteiger partial charge >= 0.3 is 0 Å². The first-order chi connectivity index (χ1) is 9.13. The second-order valence-corrected chi connectivity index (χ2v) is 4.48. The van der Waals surface area contributed by atoms with Crippen LogP contribution in [0.4, 0.5) is 0 Å². The van der Waals surface area contributed by atoms with E-state index in [0.717, 1.165) is 6.42 Å². The number of nitrogens with two attached hydrogens (primary N) is 1. The van der Waals surface area contributed by atoms with Crippen molar-refractivity contribution in [2.45, 2.75) is 12.5 Å². The van der Waals surface area contributed by atoms with Gasteiger partial charge in [-0.1, -0.05) is 6.07 Å². The molecule has 0 aliphatic rings. The van der Waals surface area contributed by atoms with Gasteiger partial charge in [-0.05, 0) is 32.6 Å². The summed E-state index contributed by atoms with van der Waals surface area (Å²) in [5.41, 5.74) is 5.71. The lowest BCUT2D eigenvalue weighted by atomic mass is 10.2. The quantitative estimate of drug-likeness (QED) is 0.771. The lowest BCUT2D eigenvalue weighted by molar-refractivity contribution is 0.219. The molecule has 1 aromatic carbocycles. The largest absolute Gasteiger partial charge is 0.493 e. The summed E-state index contributed by atoms with van der Waals surface area (Å²) < 4.78 is 16.3. The highest BCUT2D eigenvalue weighted by Gasteiger charge is 2.12. The fraction of sp³-hybridized carbons (Fsp3) is 0.571. The van der Waals surface area contributed by atoms with E-state index >= 15 is 0 Å². The molecule has 0 fully saturated rings. The molecule has 1 atom stereocenters. The smallest absolute Gasteiger partial charge is 0.203 e. The van der Waals surface area contributed by atoms with Crippen LogP contribution in [0.2, 0.25) is 0 Å². The summed E-state index contributed by atoms with van der Waals surface area (Å²) in [5.74, 6) is 1.98. The van der Waals surface area contributed by atoms with E-state index in [2.05, 4.69) is 4.90 Å². The van der Waals surface area contributed by atoms with Crippen LogP contribution < -0.4 is 19.9 Å². The van der Waals surface area contributed by atoms with E-state index < -0.39 is 0 Å². The second-order valence-electron chi connectivity index (χ2n) is 4.48. The molecule has 1 unspecified atom stereocenters. The maximum atomic E-state index is 5.77. The highest BCUT2D eigenvalue weighted by atomic mass is 16.5. The molecule has 0 saturated heterocycles. The average Bonchev–Trinajstić information content (AvgIpc) is 2.42. The molecule has 1 rings (SSSR count). The minimum Gasteiger partial charge on any atom is -0.493 e. The molecule has 2 N–H and O–H groups in total. The zero-order valence-corrected chi connectivity index (χ0v) is 12.2. The van der Waals surface area contributed by atoms with Crippen LogP contribution in [0.5, 0.6) is 17.2 Å². The maximum absolute atomic E-state index is 5.77. The van der Waals surface area contributed by atoms with Crippen molar-refractivity contribution in [3.8, 4) is 17.2 Å². The zero-order valence-electron chi connectivity index (χ0n) is 12.2. The fourth-order valence-electron chi connectivity index (χ4n) is 1.86. The first-order valence-corrected chi connectivity index (χ1v) is 6.34. The van der Waals surface area contributed by atoms with Crippen LogP contribution >= 0.6 is 0 Å².